The van der Waals surface area contributed by atoms with Crippen LogP contribution in [0.3, 0.4) is 0 Å². The van der Waals surface area contributed by atoms with Crippen molar-refractivity contribution in [2.45, 2.75) is 46.0 Å². The Morgan fingerprint density at radius 2 is 1.81 bits per heavy atom. The Bertz CT molecular complexity index is 735. The molecule has 1 amide bonds. The number of carbonyl (C=O) groups excluding carboxylic acids is 2. The van der Waals surface area contributed by atoms with Crippen LogP contribution in [0.2, 0.25) is 0 Å². The highest BCUT2D eigenvalue weighted by Crippen LogP contribution is 2.16. The highest BCUT2D eigenvalue weighted by atomic mass is 16.5. The zero-order valence-corrected chi connectivity index (χ0v) is 15.7. The van der Waals surface area contributed by atoms with E-state index < -0.39 is 0 Å². The van der Waals surface area contributed by atoms with E-state index in [1.807, 2.05) is 6.92 Å². The van der Waals surface area contributed by atoms with Crippen LogP contribution in [-0.4, -0.2) is 18.5 Å². The summed E-state index contributed by atoms with van der Waals surface area (Å²) in [6.07, 6.45) is 1.86. The van der Waals surface area contributed by atoms with Crippen molar-refractivity contribution in [3.63, 3.8) is 0 Å². The lowest BCUT2D eigenvalue weighted by Crippen LogP contribution is -2.13. The van der Waals surface area contributed by atoms with Gasteiger partial charge in [-0.1, -0.05) is 51.1 Å². The summed E-state index contributed by atoms with van der Waals surface area (Å²) in [5, 5.41) is 2.85. The molecule has 26 heavy (non-hydrogen) atoms. The monoisotopic (exact) mass is 353 g/mol. The van der Waals surface area contributed by atoms with Gasteiger partial charge in [0.25, 0.3) is 0 Å². The first-order valence-electron chi connectivity index (χ1n) is 9.15. The van der Waals surface area contributed by atoms with Crippen LogP contribution in [0.1, 0.15) is 61.0 Å². The third kappa shape index (κ3) is 6.03. The quantitative estimate of drug-likeness (QED) is 0.683. The molecule has 0 aliphatic carbocycles. The van der Waals surface area contributed by atoms with Crippen molar-refractivity contribution in [1.29, 1.82) is 0 Å². The second-order valence-corrected chi connectivity index (χ2v) is 6.66. The SMILES string of the molecule is CCCOC(=O)c1cccc(NC(=O)CCc2ccc(C(C)C)cc2)c1. The first-order valence-corrected chi connectivity index (χ1v) is 9.15. The van der Waals surface area contributed by atoms with Gasteiger partial charge in [-0.05, 0) is 48.1 Å². The van der Waals surface area contributed by atoms with Crippen LogP contribution < -0.4 is 5.32 Å². The van der Waals surface area contributed by atoms with E-state index in [2.05, 4.69) is 43.4 Å². The van der Waals surface area contributed by atoms with Gasteiger partial charge in [-0.2, -0.15) is 0 Å². The number of benzene rings is 2. The number of esters is 1. The van der Waals surface area contributed by atoms with Crippen molar-refractivity contribution < 1.29 is 14.3 Å². The summed E-state index contributed by atoms with van der Waals surface area (Å²) in [7, 11) is 0. The lowest BCUT2D eigenvalue weighted by atomic mass is 10.0. The number of nitrogens with one attached hydrogen (secondary N) is 1. The van der Waals surface area contributed by atoms with Crippen molar-refractivity contribution in [3.8, 4) is 0 Å². The van der Waals surface area contributed by atoms with Gasteiger partial charge in [0.15, 0.2) is 0 Å². The van der Waals surface area contributed by atoms with Crippen molar-refractivity contribution in [2.24, 2.45) is 0 Å². The van der Waals surface area contributed by atoms with Crippen LogP contribution >= 0.6 is 0 Å². The fourth-order valence-electron chi connectivity index (χ4n) is 2.55. The molecule has 0 fully saturated rings. The molecule has 0 heterocycles. The molecule has 0 aliphatic heterocycles. The van der Waals surface area contributed by atoms with Gasteiger partial charge in [0, 0.05) is 12.1 Å². The average molecular weight is 353 g/mol. The molecular weight excluding hydrogens is 326 g/mol. The number of hydrogen-bond donors (Lipinski definition) is 1. The molecule has 4 heteroatoms. The fourth-order valence-corrected chi connectivity index (χ4v) is 2.55. The number of amides is 1. The molecule has 138 valence electrons. The molecule has 0 aromatic heterocycles. The maximum absolute atomic E-state index is 12.2. The summed E-state index contributed by atoms with van der Waals surface area (Å²) in [6, 6.07) is 15.2. The minimum absolute atomic E-state index is 0.0722. The molecule has 1 N–H and O–H groups in total. The maximum Gasteiger partial charge on any atom is 0.338 e. The molecule has 0 bridgehead atoms. The lowest BCUT2D eigenvalue weighted by molar-refractivity contribution is -0.116. The molecule has 2 rings (SSSR count). The molecule has 0 saturated heterocycles. The van der Waals surface area contributed by atoms with Gasteiger partial charge in [-0.15, -0.1) is 0 Å². The van der Waals surface area contributed by atoms with Gasteiger partial charge in [-0.25, -0.2) is 4.79 Å². The van der Waals surface area contributed by atoms with E-state index in [9.17, 15) is 9.59 Å². The van der Waals surface area contributed by atoms with E-state index >= 15 is 0 Å². The Morgan fingerprint density at radius 3 is 2.46 bits per heavy atom. The maximum atomic E-state index is 12.2. The van der Waals surface area contributed by atoms with Gasteiger partial charge in [0.2, 0.25) is 5.91 Å². The van der Waals surface area contributed by atoms with Crippen LogP contribution in [0.4, 0.5) is 5.69 Å². The minimum Gasteiger partial charge on any atom is -0.462 e. The van der Waals surface area contributed by atoms with Crippen LogP contribution in [0.5, 0.6) is 0 Å². The summed E-state index contributed by atoms with van der Waals surface area (Å²) in [5.74, 6) is 0.0637. The second kappa shape index (κ2) is 9.76. The molecule has 0 spiro atoms. The van der Waals surface area contributed by atoms with Crippen LogP contribution in [-0.2, 0) is 16.0 Å². The molecular formula is C22H27NO3. The van der Waals surface area contributed by atoms with E-state index in [-0.39, 0.29) is 11.9 Å². The third-order valence-electron chi connectivity index (χ3n) is 4.11. The Kier molecular flexibility index (Phi) is 7.39. The average Bonchev–Trinajstić information content (AvgIpc) is 2.65. The molecule has 4 nitrogen and oxygen atoms in total. The van der Waals surface area contributed by atoms with E-state index in [0.717, 1.165) is 12.0 Å². The molecule has 0 atom stereocenters. The zero-order valence-electron chi connectivity index (χ0n) is 15.7. The minimum atomic E-state index is -0.367. The standard InChI is InChI=1S/C22H27NO3/c1-4-14-26-22(25)19-6-5-7-20(15-19)23-21(24)13-10-17-8-11-18(12-9-17)16(2)3/h5-9,11-12,15-16H,4,10,13-14H2,1-3H3,(H,23,24). The number of anilines is 1. The highest BCUT2D eigenvalue weighted by molar-refractivity contribution is 5.94. The summed E-state index contributed by atoms with van der Waals surface area (Å²) in [5.41, 5.74) is 3.49. The lowest BCUT2D eigenvalue weighted by Gasteiger charge is -2.09. The Balaban J connectivity index is 1.88. The Hall–Kier alpha value is -2.62. The summed E-state index contributed by atoms with van der Waals surface area (Å²) in [6.45, 7) is 6.66. The van der Waals surface area contributed by atoms with Gasteiger partial charge in [0.05, 0.1) is 12.2 Å². The molecule has 0 radical (unpaired) electrons. The summed E-state index contributed by atoms with van der Waals surface area (Å²) in [4.78, 5) is 24.1. The third-order valence-corrected chi connectivity index (χ3v) is 4.11. The molecule has 0 saturated carbocycles. The molecule has 0 unspecified atom stereocenters. The number of hydrogen-bond acceptors (Lipinski definition) is 3. The highest BCUT2D eigenvalue weighted by Gasteiger charge is 2.09. The number of aryl methyl sites for hydroxylation is 1. The number of rotatable bonds is 8. The predicted molar refractivity (Wildman–Crippen MR) is 104 cm³/mol. The van der Waals surface area contributed by atoms with Crippen molar-refractivity contribution >= 4 is 17.6 Å². The van der Waals surface area contributed by atoms with Crippen LogP contribution in [0, 0.1) is 0 Å². The van der Waals surface area contributed by atoms with E-state index in [0.29, 0.717) is 36.6 Å². The largest absolute Gasteiger partial charge is 0.462 e. The topological polar surface area (TPSA) is 55.4 Å². The number of ether oxygens (including phenoxy) is 1. The normalized spacial score (nSPS) is 10.6. The van der Waals surface area contributed by atoms with Crippen LogP contribution in [0.15, 0.2) is 48.5 Å². The predicted octanol–water partition coefficient (Wildman–Crippen LogP) is 4.95. The fraction of sp³-hybridized carbons (Fsp3) is 0.364. The van der Waals surface area contributed by atoms with Gasteiger partial charge >= 0.3 is 5.97 Å². The Labute approximate surface area is 155 Å². The number of carbonyl (C=O) groups is 2. The van der Waals surface area contributed by atoms with E-state index in [1.165, 1.54) is 5.56 Å². The Morgan fingerprint density at radius 1 is 1.08 bits per heavy atom. The first-order chi connectivity index (χ1) is 12.5. The molecule has 0 aliphatic rings. The molecule has 2 aromatic carbocycles. The van der Waals surface area contributed by atoms with Crippen molar-refractivity contribution in [3.05, 3.63) is 65.2 Å². The van der Waals surface area contributed by atoms with Gasteiger partial charge in [-0.3, -0.25) is 4.79 Å². The van der Waals surface area contributed by atoms with Crippen molar-refractivity contribution in [1.82, 2.24) is 0 Å². The van der Waals surface area contributed by atoms with E-state index in [4.69, 9.17) is 4.74 Å². The van der Waals surface area contributed by atoms with Crippen molar-refractivity contribution in [2.75, 3.05) is 11.9 Å². The van der Waals surface area contributed by atoms with Gasteiger partial charge < -0.3 is 10.1 Å². The smallest absolute Gasteiger partial charge is 0.338 e. The molecule has 2 aromatic rings. The second-order valence-electron chi connectivity index (χ2n) is 6.66. The van der Waals surface area contributed by atoms with E-state index in [1.54, 1.807) is 24.3 Å². The van der Waals surface area contributed by atoms with Crippen LogP contribution in [0.25, 0.3) is 0 Å². The summed E-state index contributed by atoms with van der Waals surface area (Å²) < 4.78 is 5.12. The summed E-state index contributed by atoms with van der Waals surface area (Å²) >= 11 is 0. The van der Waals surface area contributed by atoms with Gasteiger partial charge in [0.1, 0.15) is 0 Å². The first kappa shape index (κ1) is 19.7. The zero-order chi connectivity index (χ0) is 18.9.